The van der Waals surface area contributed by atoms with E-state index < -0.39 is 10.0 Å². The molecule has 1 heterocycles. The van der Waals surface area contributed by atoms with E-state index in [1.165, 1.54) is 6.07 Å². The smallest absolute Gasteiger partial charge is 0.241 e. The fraction of sp³-hybridized carbons (Fsp3) is 0.538. The van der Waals surface area contributed by atoms with Gasteiger partial charge in [-0.3, -0.25) is 0 Å². The van der Waals surface area contributed by atoms with Crippen LogP contribution in [-0.2, 0) is 10.0 Å². The Balaban J connectivity index is 0.00000161. The summed E-state index contributed by atoms with van der Waals surface area (Å²) in [6.07, 6.45) is 2.18. The molecule has 1 aromatic carbocycles. The minimum absolute atomic E-state index is 0. The van der Waals surface area contributed by atoms with Gasteiger partial charge < -0.3 is 15.2 Å². The lowest BCUT2D eigenvalue weighted by molar-refractivity contribution is 0.174. The van der Waals surface area contributed by atoms with Gasteiger partial charge in [0, 0.05) is 18.7 Å². The van der Waals surface area contributed by atoms with Gasteiger partial charge in [-0.05, 0) is 37.3 Å². The molecule has 1 fully saturated rings. The number of nitrogens with two attached hydrogens (primary N) is 1. The minimum atomic E-state index is -3.58. The number of fused-ring (bicyclic) bond motifs is 1. The predicted octanol–water partition coefficient (Wildman–Crippen LogP) is 1.16. The molecule has 0 saturated heterocycles. The van der Waals surface area contributed by atoms with Crippen molar-refractivity contribution in [2.45, 2.75) is 30.7 Å². The number of sulfonamides is 1. The molecule has 2 aliphatic rings. The molecule has 3 rings (SSSR count). The van der Waals surface area contributed by atoms with Gasteiger partial charge in [0.25, 0.3) is 0 Å². The van der Waals surface area contributed by atoms with Crippen molar-refractivity contribution in [2.24, 2.45) is 11.7 Å². The first kappa shape index (κ1) is 16.4. The minimum Gasteiger partial charge on any atom is -0.454 e. The van der Waals surface area contributed by atoms with Crippen LogP contribution in [0.3, 0.4) is 0 Å². The molecule has 118 valence electrons. The van der Waals surface area contributed by atoms with E-state index in [-0.39, 0.29) is 36.7 Å². The highest BCUT2D eigenvalue weighted by molar-refractivity contribution is 7.89. The number of halogens is 1. The van der Waals surface area contributed by atoms with Gasteiger partial charge >= 0.3 is 0 Å². The molecule has 1 aliphatic carbocycles. The molecule has 1 aliphatic heterocycles. The van der Waals surface area contributed by atoms with Crippen LogP contribution in [-0.4, -0.2) is 27.8 Å². The molecule has 1 atom stereocenters. The second kappa shape index (κ2) is 6.00. The predicted molar refractivity (Wildman–Crippen MR) is 80.4 cm³/mol. The third kappa shape index (κ3) is 3.42. The van der Waals surface area contributed by atoms with Crippen molar-refractivity contribution in [2.75, 3.05) is 13.3 Å². The number of nitrogens with one attached hydrogen (secondary N) is 1. The van der Waals surface area contributed by atoms with Gasteiger partial charge in [0.2, 0.25) is 16.8 Å². The number of benzene rings is 1. The largest absolute Gasteiger partial charge is 0.454 e. The molecule has 1 aromatic rings. The molecule has 3 N–H and O–H groups in total. The van der Waals surface area contributed by atoms with Crippen LogP contribution >= 0.6 is 12.4 Å². The van der Waals surface area contributed by atoms with Crippen LogP contribution in [0, 0.1) is 12.8 Å². The van der Waals surface area contributed by atoms with Crippen molar-refractivity contribution in [1.29, 1.82) is 0 Å². The zero-order valence-corrected chi connectivity index (χ0v) is 13.3. The van der Waals surface area contributed by atoms with E-state index >= 15 is 0 Å². The van der Waals surface area contributed by atoms with Gasteiger partial charge in [-0.25, -0.2) is 13.1 Å². The summed E-state index contributed by atoms with van der Waals surface area (Å²) in [6, 6.07) is 3.07. The lowest BCUT2D eigenvalue weighted by atomic mass is 10.2. The highest BCUT2D eigenvalue weighted by atomic mass is 35.5. The van der Waals surface area contributed by atoms with E-state index in [9.17, 15) is 8.42 Å². The Morgan fingerprint density at radius 3 is 2.57 bits per heavy atom. The van der Waals surface area contributed by atoms with Crippen molar-refractivity contribution >= 4 is 22.4 Å². The molecule has 1 unspecified atom stereocenters. The van der Waals surface area contributed by atoms with Crippen LogP contribution in [0.2, 0.25) is 0 Å². The van der Waals surface area contributed by atoms with Crippen LogP contribution in [0.25, 0.3) is 0 Å². The topological polar surface area (TPSA) is 90.7 Å². The summed E-state index contributed by atoms with van der Waals surface area (Å²) in [7, 11) is -3.58. The summed E-state index contributed by atoms with van der Waals surface area (Å²) in [5.41, 5.74) is 6.55. The summed E-state index contributed by atoms with van der Waals surface area (Å²) in [5.74, 6) is 1.49. The van der Waals surface area contributed by atoms with Gasteiger partial charge in [0.15, 0.2) is 11.5 Å². The molecule has 1 saturated carbocycles. The summed E-state index contributed by atoms with van der Waals surface area (Å²) in [6.45, 7) is 2.12. The Kier molecular flexibility index (Phi) is 4.67. The highest BCUT2D eigenvalue weighted by Crippen LogP contribution is 2.36. The first-order chi connectivity index (χ1) is 9.47. The number of rotatable bonds is 5. The Hall–Kier alpha value is -1.02. The number of ether oxygens (including phenoxy) is 2. The Labute approximate surface area is 130 Å². The number of aryl methyl sites for hydroxylation is 1. The second-order valence-electron chi connectivity index (χ2n) is 5.32. The van der Waals surface area contributed by atoms with E-state index in [0.717, 1.165) is 12.8 Å². The van der Waals surface area contributed by atoms with Crippen LogP contribution < -0.4 is 19.9 Å². The van der Waals surface area contributed by atoms with Crippen molar-refractivity contribution < 1.29 is 17.9 Å². The molecular weight excluding hydrogens is 316 g/mol. The summed E-state index contributed by atoms with van der Waals surface area (Å²) in [5, 5.41) is 0. The van der Waals surface area contributed by atoms with Crippen LogP contribution in [0.5, 0.6) is 11.5 Å². The van der Waals surface area contributed by atoms with Gasteiger partial charge in [-0.1, -0.05) is 0 Å². The van der Waals surface area contributed by atoms with Gasteiger partial charge in [-0.15, -0.1) is 12.4 Å². The third-order valence-electron chi connectivity index (χ3n) is 3.70. The van der Waals surface area contributed by atoms with Gasteiger partial charge in [0.05, 0.1) is 4.90 Å². The van der Waals surface area contributed by atoms with Gasteiger partial charge in [0.1, 0.15) is 0 Å². The highest BCUT2D eigenvalue weighted by Gasteiger charge is 2.30. The van der Waals surface area contributed by atoms with Crippen molar-refractivity contribution in [1.82, 2.24) is 4.72 Å². The van der Waals surface area contributed by atoms with E-state index in [1.807, 2.05) is 0 Å². The standard InChI is InChI=1S/C13H18N2O4S.ClH/c1-8-4-11-12(19-7-18-11)5-13(8)20(16,17)15-6-10(14)9-2-3-9;/h4-5,9-10,15H,2-3,6-7,14H2,1H3;1H. The zero-order chi connectivity index (χ0) is 14.3. The van der Waals surface area contributed by atoms with E-state index in [0.29, 0.717) is 23.0 Å². The first-order valence-corrected chi connectivity index (χ1v) is 8.11. The van der Waals surface area contributed by atoms with E-state index in [1.54, 1.807) is 13.0 Å². The zero-order valence-electron chi connectivity index (χ0n) is 11.7. The summed E-state index contributed by atoms with van der Waals surface area (Å²) in [4.78, 5) is 0.213. The lowest BCUT2D eigenvalue weighted by Gasteiger charge is -2.13. The van der Waals surface area contributed by atoms with Crippen molar-refractivity contribution in [3.05, 3.63) is 17.7 Å². The Morgan fingerprint density at radius 2 is 1.95 bits per heavy atom. The normalized spacial score (nSPS) is 18.2. The maximum atomic E-state index is 12.3. The molecule has 21 heavy (non-hydrogen) atoms. The third-order valence-corrected chi connectivity index (χ3v) is 5.26. The maximum absolute atomic E-state index is 12.3. The molecule has 8 heteroatoms. The molecule has 0 aromatic heterocycles. The molecule has 6 nitrogen and oxygen atoms in total. The van der Waals surface area contributed by atoms with Crippen molar-refractivity contribution in [3.8, 4) is 11.5 Å². The Morgan fingerprint density at radius 1 is 1.33 bits per heavy atom. The van der Waals surface area contributed by atoms with Gasteiger partial charge in [-0.2, -0.15) is 0 Å². The van der Waals surface area contributed by atoms with E-state index in [4.69, 9.17) is 15.2 Å². The van der Waals surface area contributed by atoms with Crippen molar-refractivity contribution in [3.63, 3.8) is 0 Å². The second-order valence-corrected chi connectivity index (χ2v) is 7.06. The van der Waals surface area contributed by atoms with Crippen LogP contribution in [0.4, 0.5) is 0 Å². The fourth-order valence-electron chi connectivity index (χ4n) is 2.29. The number of hydrogen-bond acceptors (Lipinski definition) is 5. The molecular formula is C13H19ClN2O4S. The quantitative estimate of drug-likeness (QED) is 0.843. The summed E-state index contributed by atoms with van der Waals surface area (Å²) < 4.78 is 37.7. The van der Waals surface area contributed by atoms with Crippen LogP contribution in [0.15, 0.2) is 17.0 Å². The monoisotopic (exact) mass is 334 g/mol. The summed E-state index contributed by atoms with van der Waals surface area (Å²) >= 11 is 0. The molecule has 0 spiro atoms. The molecule has 0 radical (unpaired) electrons. The van der Waals surface area contributed by atoms with Crippen LogP contribution in [0.1, 0.15) is 18.4 Å². The maximum Gasteiger partial charge on any atom is 0.241 e. The average Bonchev–Trinajstić information content (AvgIpc) is 3.15. The SMILES string of the molecule is Cc1cc2c(cc1S(=O)(=O)NCC(N)C1CC1)OCO2.Cl. The molecule has 0 bridgehead atoms. The molecule has 0 amide bonds. The number of hydrogen-bond donors (Lipinski definition) is 2. The first-order valence-electron chi connectivity index (χ1n) is 6.63. The fourth-order valence-corrected chi connectivity index (χ4v) is 3.60. The average molecular weight is 335 g/mol. The lowest BCUT2D eigenvalue weighted by Crippen LogP contribution is -2.38. The van der Waals surface area contributed by atoms with E-state index in [2.05, 4.69) is 4.72 Å². The Bertz CT molecular complexity index is 631.